The number of methoxy groups -OCH3 is 1. The van der Waals surface area contributed by atoms with Crippen LogP contribution in [0.4, 0.5) is 4.79 Å². The van der Waals surface area contributed by atoms with Gasteiger partial charge in [0.1, 0.15) is 12.2 Å². The Morgan fingerprint density at radius 2 is 1.85 bits per heavy atom. The van der Waals surface area contributed by atoms with E-state index in [-0.39, 0.29) is 23.2 Å². The van der Waals surface area contributed by atoms with Crippen molar-refractivity contribution < 1.29 is 23.9 Å². The third-order valence-electron chi connectivity index (χ3n) is 5.68. The van der Waals surface area contributed by atoms with E-state index < -0.39 is 17.8 Å². The van der Waals surface area contributed by atoms with Crippen molar-refractivity contribution in [3.05, 3.63) is 62.6 Å². The highest BCUT2D eigenvalue weighted by Gasteiger charge is 2.40. The van der Waals surface area contributed by atoms with Gasteiger partial charge in [-0.3, -0.25) is 19.8 Å². The maximum Gasteiger partial charge on any atom is 0.331 e. The maximum atomic E-state index is 13.0. The van der Waals surface area contributed by atoms with Crippen LogP contribution in [-0.2, 0) is 16.2 Å². The molecule has 2 fully saturated rings. The average molecular weight is 534 g/mol. The van der Waals surface area contributed by atoms with Gasteiger partial charge < -0.3 is 9.47 Å². The van der Waals surface area contributed by atoms with E-state index >= 15 is 0 Å². The molecule has 172 valence electrons. The van der Waals surface area contributed by atoms with Gasteiger partial charge in [-0.15, -0.1) is 0 Å². The largest absolute Gasteiger partial charge is 0.493 e. The molecule has 1 heterocycles. The van der Waals surface area contributed by atoms with Crippen molar-refractivity contribution in [1.29, 1.82) is 0 Å². The van der Waals surface area contributed by atoms with Gasteiger partial charge in [-0.1, -0.05) is 52.5 Å². The standard InChI is InChI=1S/C24H22BrClN2O5/c1-32-20-12-15(11-19(26)21(20)33-13-14-6-8-16(25)9-7-14)10-18-22(29)27-24(31)28(23(18)30)17-4-2-3-5-17/h6-12,17H,2-5,13H2,1H3,(H,27,29,31)/b18-10+. The number of urea groups is 1. The van der Waals surface area contributed by atoms with Crippen LogP contribution in [0.25, 0.3) is 6.08 Å². The Balaban J connectivity index is 1.59. The molecule has 1 N–H and O–H groups in total. The van der Waals surface area contributed by atoms with Gasteiger partial charge in [0.15, 0.2) is 11.5 Å². The first-order chi connectivity index (χ1) is 15.9. The van der Waals surface area contributed by atoms with Gasteiger partial charge in [0, 0.05) is 10.5 Å². The minimum absolute atomic E-state index is 0.122. The number of hydrogen-bond acceptors (Lipinski definition) is 5. The van der Waals surface area contributed by atoms with E-state index in [0.29, 0.717) is 17.1 Å². The molecule has 7 nitrogen and oxygen atoms in total. The van der Waals surface area contributed by atoms with Gasteiger partial charge in [0.25, 0.3) is 11.8 Å². The molecule has 2 aliphatic rings. The molecule has 0 aromatic heterocycles. The Labute approximate surface area is 204 Å². The van der Waals surface area contributed by atoms with Crippen molar-refractivity contribution >= 4 is 51.5 Å². The fourth-order valence-corrected chi connectivity index (χ4v) is 4.57. The van der Waals surface area contributed by atoms with Gasteiger partial charge in [0.05, 0.1) is 12.1 Å². The number of barbiturate groups is 1. The topological polar surface area (TPSA) is 84.9 Å². The third kappa shape index (κ3) is 5.07. The van der Waals surface area contributed by atoms with Gasteiger partial charge in [-0.2, -0.15) is 0 Å². The molecule has 0 atom stereocenters. The minimum Gasteiger partial charge on any atom is -0.493 e. The van der Waals surface area contributed by atoms with Crippen LogP contribution in [0.15, 0.2) is 46.4 Å². The maximum absolute atomic E-state index is 13.0. The van der Waals surface area contributed by atoms with Crippen LogP contribution in [0.3, 0.4) is 0 Å². The van der Waals surface area contributed by atoms with Crippen molar-refractivity contribution in [1.82, 2.24) is 10.2 Å². The second-order valence-corrected chi connectivity index (χ2v) is 9.20. The lowest BCUT2D eigenvalue weighted by Crippen LogP contribution is -2.57. The second-order valence-electron chi connectivity index (χ2n) is 7.88. The molecule has 0 spiro atoms. The number of carbonyl (C=O) groups is 3. The van der Waals surface area contributed by atoms with E-state index in [4.69, 9.17) is 21.1 Å². The lowest BCUT2D eigenvalue weighted by Gasteiger charge is -2.31. The molecule has 1 aliphatic heterocycles. The van der Waals surface area contributed by atoms with E-state index in [9.17, 15) is 14.4 Å². The van der Waals surface area contributed by atoms with Crippen LogP contribution in [-0.4, -0.2) is 35.9 Å². The lowest BCUT2D eigenvalue weighted by atomic mass is 10.0. The molecule has 4 rings (SSSR count). The zero-order chi connectivity index (χ0) is 23.5. The first-order valence-corrected chi connectivity index (χ1v) is 11.7. The first kappa shape index (κ1) is 23.3. The molecule has 2 aromatic rings. The molecule has 0 bridgehead atoms. The minimum atomic E-state index is -0.732. The van der Waals surface area contributed by atoms with Crippen LogP contribution in [0.1, 0.15) is 36.8 Å². The normalized spacial score (nSPS) is 18.1. The number of ether oxygens (including phenoxy) is 2. The number of carbonyl (C=O) groups excluding carboxylic acids is 3. The molecule has 1 saturated carbocycles. The summed E-state index contributed by atoms with van der Waals surface area (Å²) in [5.41, 5.74) is 1.30. The Kier molecular flexibility index (Phi) is 7.05. The van der Waals surface area contributed by atoms with Crippen molar-refractivity contribution in [3.8, 4) is 11.5 Å². The fraction of sp³-hybridized carbons (Fsp3) is 0.292. The van der Waals surface area contributed by atoms with Crippen LogP contribution >= 0.6 is 27.5 Å². The van der Waals surface area contributed by atoms with Crippen LogP contribution in [0.2, 0.25) is 5.02 Å². The van der Waals surface area contributed by atoms with E-state index in [1.165, 1.54) is 13.2 Å². The van der Waals surface area contributed by atoms with Crippen LogP contribution in [0.5, 0.6) is 11.5 Å². The molecule has 1 saturated heterocycles. The van der Waals surface area contributed by atoms with Crippen molar-refractivity contribution in [3.63, 3.8) is 0 Å². The van der Waals surface area contributed by atoms with Crippen molar-refractivity contribution in [2.45, 2.75) is 38.3 Å². The summed E-state index contributed by atoms with van der Waals surface area (Å²) in [6.07, 6.45) is 4.79. The Morgan fingerprint density at radius 1 is 1.15 bits per heavy atom. The molecule has 9 heteroatoms. The van der Waals surface area contributed by atoms with Crippen molar-refractivity contribution in [2.24, 2.45) is 0 Å². The number of halogens is 2. The van der Waals surface area contributed by atoms with Crippen LogP contribution in [0, 0.1) is 0 Å². The predicted octanol–water partition coefficient (Wildman–Crippen LogP) is 5.09. The fourth-order valence-electron chi connectivity index (χ4n) is 4.03. The highest BCUT2D eigenvalue weighted by molar-refractivity contribution is 9.10. The summed E-state index contributed by atoms with van der Waals surface area (Å²) in [6, 6.07) is 10.0. The SMILES string of the molecule is COc1cc(/C=C2\C(=O)NC(=O)N(C3CCCC3)C2=O)cc(Cl)c1OCc1ccc(Br)cc1. The molecule has 0 unspecified atom stereocenters. The summed E-state index contributed by atoms with van der Waals surface area (Å²) in [5.74, 6) is -0.614. The predicted molar refractivity (Wildman–Crippen MR) is 127 cm³/mol. The third-order valence-corrected chi connectivity index (χ3v) is 6.49. The summed E-state index contributed by atoms with van der Waals surface area (Å²) >= 11 is 9.86. The number of hydrogen-bond donors (Lipinski definition) is 1. The highest BCUT2D eigenvalue weighted by Crippen LogP contribution is 2.38. The quantitative estimate of drug-likeness (QED) is 0.413. The number of nitrogens with one attached hydrogen (secondary N) is 1. The molecule has 33 heavy (non-hydrogen) atoms. The smallest absolute Gasteiger partial charge is 0.331 e. The molecule has 4 amide bonds. The number of rotatable bonds is 6. The number of benzene rings is 2. The Morgan fingerprint density at radius 3 is 2.52 bits per heavy atom. The van der Waals surface area contributed by atoms with E-state index in [1.54, 1.807) is 12.1 Å². The van der Waals surface area contributed by atoms with E-state index in [2.05, 4.69) is 21.2 Å². The molecular formula is C24H22BrClN2O5. The summed E-state index contributed by atoms with van der Waals surface area (Å²) in [7, 11) is 1.48. The van der Waals surface area contributed by atoms with Gasteiger partial charge >= 0.3 is 6.03 Å². The van der Waals surface area contributed by atoms with Gasteiger partial charge in [0.2, 0.25) is 0 Å². The number of amides is 4. The highest BCUT2D eigenvalue weighted by atomic mass is 79.9. The van der Waals surface area contributed by atoms with Gasteiger partial charge in [-0.05, 0) is 54.3 Å². The monoisotopic (exact) mass is 532 g/mol. The summed E-state index contributed by atoms with van der Waals surface area (Å²) in [6.45, 7) is 0.281. The molecule has 2 aromatic carbocycles. The first-order valence-electron chi connectivity index (χ1n) is 10.5. The van der Waals surface area contributed by atoms with E-state index in [0.717, 1.165) is 40.6 Å². The van der Waals surface area contributed by atoms with Crippen LogP contribution < -0.4 is 14.8 Å². The Hall–Kier alpha value is -2.84. The number of imide groups is 2. The number of nitrogens with zero attached hydrogens (tertiary/aromatic N) is 1. The Bertz CT molecular complexity index is 1130. The van der Waals surface area contributed by atoms with Crippen molar-refractivity contribution in [2.75, 3.05) is 7.11 Å². The molecule has 0 radical (unpaired) electrons. The lowest BCUT2D eigenvalue weighted by molar-refractivity contribution is -0.131. The summed E-state index contributed by atoms with van der Waals surface area (Å²) in [5, 5.41) is 2.54. The zero-order valence-corrected chi connectivity index (χ0v) is 20.2. The van der Waals surface area contributed by atoms with Gasteiger partial charge in [-0.25, -0.2) is 4.79 Å². The molecule has 1 aliphatic carbocycles. The summed E-state index contributed by atoms with van der Waals surface area (Å²) < 4.78 is 12.3. The second kappa shape index (κ2) is 9.97. The average Bonchev–Trinajstić information content (AvgIpc) is 3.31. The van der Waals surface area contributed by atoms with E-state index in [1.807, 2.05) is 24.3 Å². The zero-order valence-electron chi connectivity index (χ0n) is 17.9. The summed E-state index contributed by atoms with van der Waals surface area (Å²) in [4.78, 5) is 38.9. The molecular weight excluding hydrogens is 512 g/mol.